The topological polar surface area (TPSA) is 50.3 Å². The molecule has 0 bridgehead atoms. The predicted octanol–water partition coefficient (Wildman–Crippen LogP) is 3.32. The summed E-state index contributed by atoms with van der Waals surface area (Å²) in [6.07, 6.45) is 4.28. The van der Waals surface area contributed by atoms with Crippen LogP contribution in [0.4, 0.5) is 5.82 Å². The minimum Gasteiger partial charge on any atom is -0.357 e. The third-order valence-electron chi connectivity index (χ3n) is 3.87. The lowest BCUT2D eigenvalue weighted by Crippen LogP contribution is -2.18. The molecule has 22 heavy (non-hydrogen) atoms. The van der Waals surface area contributed by atoms with Gasteiger partial charge in [-0.15, -0.1) is 11.6 Å². The van der Waals surface area contributed by atoms with Crippen LogP contribution in [0.1, 0.15) is 12.8 Å². The molecule has 1 aromatic carbocycles. The molecule has 1 aliphatic rings. The number of aromatic nitrogens is 1. The van der Waals surface area contributed by atoms with E-state index in [1.54, 1.807) is 24.3 Å². The highest BCUT2D eigenvalue weighted by Gasteiger charge is 2.14. The minimum absolute atomic E-state index is 0.243. The molecule has 4 nitrogen and oxygen atoms in total. The second kappa shape index (κ2) is 6.26. The highest BCUT2D eigenvalue weighted by atomic mass is 35.5. The average molecular weight is 337 g/mol. The van der Waals surface area contributed by atoms with Gasteiger partial charge in [0.15, 0.2) is 9.84 Å². The van der Waals surface area contributed by atoms with Crippen LogP contribution < -0.4 is 4.90 Å². The minimum atomic E-state index is -3.37. The summed E-state index contributed by atoms with van der Waals surface area (Å²) in [6, 6.07) is 10.8. The molecule has 0 amide bonds. The van der Waals surface area contributed by atoms with Crippen LogP contribution in [0.15, 0.2) is 47.5 Å². The van der Waals surface area contributed by atoms with E-state index >= 15 is 0 Å². The molecule has 1 aromatic heterocycles. The number of hydrogen-bond donors (Lipinski definition) is 0. The number of alkyl halides is 1. The van der Waals surface area contributed by atoms with E-state index in [9.17, 15) is 8.42 Å². The van der Waals surface area contributed by atoms with Crippen molar-refractivity contribution < 1.29 is 8.42 Å². The molecule has 3 rings (SSSR count). The monoisotopic (exact) mass is 336 g/mol. The quantitative estimate of drug-likeness (QED) is 0.804. The first-order valence-electron chi connectivity index (χ1n) is 7.20. The first kappa shape index (κ1) is 15.3. The van der Waals surface area contributed by atoms with E-state index in [1.807, 2.05) is 18.3 Å². The van der Waals surface area contributed by atoms with Gasteiger partial charge in [-0.05, 0) is 42.7 Å². The van der Waals surface area contributed by atoms with E-state index in [-0.39, 0.29) is 4.90 Å². The zero-order valence-corrected chi connectivity index (χ0v) is 13.6. The zero-order valence-electron chi connectivity index (χ0n) is 12.1. The highest BCUT2D eigenvalue weighted by molar-refractivity contribution is 7.92. The van der Waals surface area contributed by atoms with Crippen molar-refractivity contribution in [3.63, 3.8) is 0 Å². The smallest absolute Gasteiger partial charge is 0.192 e. The molecule has 1 fully saturated rings. The number of pyridine rings is 1. The number of benzene rings is 1. The molecule has 116 valence electrons. The van der Waals surface area contributed by atoms with Crippen LogP contribution >= 0.6 is 11.6 Å². The summed E-state index contributed by atoms with van der Waals surface area (Å²) in [5.74, 6) is 1.00. The number of halogens is 1. The van der Waals surface area contributed by atoms with E-state index < -0.39 is 15.0 Å². The van der Waals surface area contributed by atoms with Gasteiger partial charge in [0.05, 0.1) is 4.90 Å². The molecule has 0 saturated carbocycles. The van der Waals surface area contributed by atoms with Crippen LogP contribution in [0, 0.1) is 0 Å². The molecular formula is C16H17ClN2O2S. The molecule has 0 unspecified atom stereocenters. The van der Waals surface area contributed by atoms with Crippen molar-refractivity contribution in [1.29, 1.82) is 0 Å². The van der Waals surface area contributed by atoms with Crippen molar-refractivity contribution in [3.8, 4) is 11.1 Å². The van der Waals surface area contributed by atoms with Gasteiger partial charge in [0.1, 0.15) is 11.0 Å². The second-order valence-corrected chi connectivity index (χ2v) is 7.92. The number of rotatable bonds is 4. The maximum Gasteiger partial charge on any atom is 0.192 e. The Morgan fingerprint density at radius 2 is 1.64 bits per heavy atom. The van der Waals surface area contributed by atoms with Crippen molar-refractivity contribution in [2.45, 2.75) is 17.7 Å². The second-order valence-electron chi connectivity index (χ2n) is 5.35. The van der Waals surface area contributed by atoms with Crippen molar-refractivity contribution in [2.24, 2.45) is 0 Å². The third kappa shape index (κ3) is 3.10. The van der Waals surface area contributed by atoms with Gasteiger partial charge in [0, 0.05) is 24.8 Å². The molecule has 0 spiro atoms. The Hall–Kier alpha value is -1.59. The Bertz CT molecular complexity index is 737. The van der Waals surface area contributed by atoms with Gasteiger partial charge < -0.3 is 4.90 Å². The SMILES string of the molecule is O=S(=O)(CCl)c1ccc(-c2ccc(N3CCCC3)nc2)cc1. The number of anilines is 1. The fourth-order valence-corrected chi connectivity index (χ4v) is 3.66. The first-order valence-corrected chi connectivity index (χ1v) is 9.39. The summed E-state index contributed by atoms with van der Waals surface area (Å²) in [4.78, 5) is 7.03. The van der Waals surface area contributed by atoms with Crippen LogP contribution in [-0.4, -0.2) is 31.7 Å². The van der Waals surface area contributed by atoms with E-state index in [1.165, 1.54) is 12.8 Å². The van der Waals surface area contributed by atoms with E-state index in [4.69, 9.17) is 11.6 Å². The number of nitrogens with zero attached hydrogens (tertiary/aromatic N) is 2. The highest BCUT2D eigenvalue weighted by Crippen LogP contribution is 2.24. The molecule has 1 saturated heterocycles. The maximum absolute atomic E-state index is 11.7. The molecule has 2 heterocycles. The van der Waals surface area contributed by atoms with Gasteiger partial charge in [0.2, 0.25) is 0 Å². The first-order chi connectivity index (χ1) is 10.6. The molecule has 6 heteroatoms. The third-order valence-corrected chi connectivity index (χ3v) is 6.01. The van der Waals surface area contributed by atoms with Gasteiger partial charge in [-0.2, -0.15) is 0 Å². The van der Waals surface area contributed by atoms with Gasteiger partial charge in [-0.3, -0.25) is 0 Å². The molecule has 0 atom stereocenters. The maximum atomic E-state index is 11.7. The normalized spacial score (nSPS) is 15.2. The molecule has 0 aliphatic carbocycles. The molecular weight excluding hydrogens is 320 g/mol. The number of hydrogen-bond acceptors (Lipinski definition) is 4. The van der Waals surface area contributed by atoms with Crippen LogP contribution in [0.2, 0.25) is 0 Å². The largest absolute Gasteiger partial charge is 0.357 e. The summed E-state index contributed by atoms with van der Waals surface area (Å²) in [6.45, 7) is 2.13. The van der Waals surface area contributed by atoms with Gasteiger partial charge in [-0.1, -0.05) is 12.1 Å². The number of sulfone groups is 1. The lowest BCUT2D eigenvalue weighted by molar-refractivity contribution is 0.600. The van der Waals surface area contributed by atoms with Gasteiger partial charge in [-0.25, -0.2) is 13.4 Å². The predicted molar refractivity (Wildman–Crippen MR) is 89.0 cm³/mol. The van der Waals surface area contributed by atoms with E-state index in [0.717, 1.165) is 30.0 Å². The summed E-state index contributed by atoms with van der Waals surface area (Å²) in [5.41, 5.74) is 1.91. The fourth-order valence-electron chi connectivity index (χ4n) is 2.61. The van der Waals surface area contributed by atoms with Crippen molar-refractivity contribution in [3.05, 3.63) is 42.6 Å². The van der Waals surface area contributed by atoms with Crippen LogP contribution in [-0.2, 0) is 9.84 Å². The van der Waals surface area contributed by atoms with Crippen molar-refractivity contribution >= 4 is 27.3 Å². The Labute approximate surface area is 135 Å². The Balaban J connectivity index is 1.82. The zero-order chi connectivity index (χ0) is 15.6. The van der Waals surface area contributed by atoms with Crippen molar-refractivity contribution in [1.82, 2.24) is 4.98 Å². The van der Waals surface area contributed by atoms with Crippen LogP contribution in [0.5, 0.6) is 0 Å². The summed E-state index contributed by atoms with van der Waals surface area (Å²) in [5, 5.41) is -0.404. The average Bonchev–Trinajstić information content (AvgIpc) is 3.10. The lowest BCUT2D eigenvalue weighted by Gasteiger charge is -2.16. The Morgan fingerprint density at radius 3 is 2.18 bits per heavy atom. The summed E-state index contributed by atoms with van der Waals surface area (Å²) < 4.78 is 23.4. The van der Waals surface area contributed by atoms with Crippen LogP contribution in [0.25, 0.3) is 11.1 Å². The Morgan fingerprint density at radius 1 is 1.00 bits per heavy atom. The van der Waals surface area contributed by atoms with Gasteiger partial charge >= 0.3 is 0 Å². The molecule has 2 aromatic rings. The van der Waals surface area contributed by atoms with E-state index in [0.29, 0.717) is 0 Å². The fraction of sp³-hybridized carbons (Fsp3) is 0.312. The van der Waals surface area contributed by atoms with E-state index in [2.05, 4.69) is 9.88 Å². The van der Waals surface area contributed by atoms with Gasteiger partial charge in [0.25, 0.3) is 0 Å². The Kier molecular flexibility index (Phi) is 4.36. The molecule has 0 radical (unpaired) electrons. The molecule has 0 N–H and O–H groups in total. The van der Waals surface area contributed by atoms with Crippen LogP contribution in [0.3, 0.4) is 0 Å². The lowest BCUT2D eigenvalue weighted by atomic mass is 10.1. The summed E-state index contributed by atoms with van der Waals surface area (Å²) >= 11 is 5.46. The van der Waals surface area contributed by atoms with Crippen molar-refractivity contribution in [2.75, 3.05) is 23.2 Å². The standard InChI is InChI=1S/C16H17ClN2O2S/c17-12-22(20,21)15-6-3-13(4-7-15)14-5-8-16(18-11-14)19-9-1-2-10-19/h3-8,11H,1-2,9-10,12H2. The summed E-state index contributed by atoms with van der Waals surface area (Å²) in [7, 11) is -3.37. The molecule has 1 aliphatic heterocycles.